The van der Waals surface area contributed by atoms with Crippen LogP contribution in [0.3, 0.4) is 0 Å². The molecule has 0 spiro atoms. The van der Waals surface area contributed by atoms with E-state index in [0.717, 1.165) is 56.5 Å². The Balaban J connectivity index is 0.909. The number of rotatable bonds is 7. The minimum atomic E-state index is -0.183. The van der Waals surface area contributed by atoms with E-state index < -0.39 is 0 Å². The lowest BCUT2D eigenvalue weighted by molar-refractivity contribution is 0.479. The van der Waals surface area contributed by atoms with Gasteiger partial charge in [0.05, 0.1) is 44.8 Å². The summed E-state index contributed by atoms with van der Waals surface area (Å²) in [6.45, 7) is 14.3. The van der Waals surface area contributed by atoms with Gasteiger partial charge in [-0.25, -0.2) is 4.98 Å². The van der Waals surface area contributed by atoms with Gasteiger partial charge in [-0.3, -0.25) is 4.57 Å². The molecule has 0 saturated heterocycles. The van der Waals surface area contributed by atoms with Gasteiger partial charge in [0.1, 0.15) is 24.0 Å². The van der Waals surface area contributed by atoms with Gasteiger partial charge in [-0.15, -0.1) is 0 Å². The lowest BCUT2D eigenvalue weighted by Gasteiger charge is -2.28. The molecular formula is C74H59N5O. The monoisotopic (exact) mass is 1030 g/mol. The second-order valence-electron chi connectivity index (χ2n) is 23.6. The number of pyridine rings is 1. The number of hydrogen-bond acceptors (Lipinski definition) is 4. The van der Waals surface area contributed by atoms with Crippen molar-refractivity contribution in [2.24, 2.45) is 0 Å². The molecule has 0 atom stereocenters. The molecule has 13 aromatic rings. The molecule has 0 saturated carbocycles. The zero-order chi connectivity index (χ0) is 54.0. The normalized spacial score (nSPS) is 13.0. The summed E-state index contributed by atoms with van der Waals surface area (Å²) >= 11 is 0. The van der Waals surface area contributed by atoms with Gasteiger partial charge in [-0.1, -0.05) is 193 Å². The second-order valence-corrected chi connectivity index (χ2v) is 23.6. The molecule has 5 heterocycles. The molecule has 6 heteroatoms. The summed E-state index contributed by atoms with van der Waals surface area (Å²) in [7, 11) is 0. The highest BCUT2D eigenvalue weighted by molar-refractivity contribution is 6.23. The van der Waals surface area contributed by atoms with Gasteiger partial charge in [0.15, 0.2) is 0 Å². The van der Waals surface area contributed by atoms with Crippen LogP contribution in [-0.2, 0) is 10.8 Å². The fourth-order valence-corrected chi connectivity index (χ4v) is 12.8. The SMILES string of the molecule is CC(C)(C)c1cc(Oc2ccc3c4c5c(ccc4n(-c4cc(C(C)(C)C)ccn4)c3c2)-n2c3ccccc3c3cccc(c32)-c2ccccc2-5)cc(N2CN(c3c(-c4ccccc4)cccc3-c3ccccc3)c3ccccc32)c1. The molecule has 0 aliphatic carbocycles. The van der Waals surface area contributed by atoms with Crippen LogP contribution in [0.2, 0.25) is 0 Å². The Hall–Kier alpha value is -9.65. The van der Waals surface area contributed by atoms with Crippen LogP contribution in [0.25, 0.3) is 99.6 Å². The van der Waals surface area contributed by atoms with Crippen LogP contribution in [0.1, 0.15) is 52.7 Å². The predicted molar refractivity (Wildman–Crippen MR) is 334 cm³/mol. The van der Waals surface area contributed by atoms with E-state index >= 15 is 0 Å². The number of nitrogens with zero attached hydrogens (tertiary/aromatic N) is 5. The van der Waals surface area contributed by atoms with E-state index in [1.807, 2.05) is 6.20 Å². The first-order valence-corrected chi connectivity index (χ1v) is 27.9. The van der Waals surface area contributed by atoms with Crippen LogP contribution in [0.4, 0.5) is 22.7 Å². The number of benzene rings is 10. The molecule has 15 rings (SSSR count). The van der Waals surface area contributed by atoms with E-state index in [4.69, 9.17) is 9.72 Å². The van der Waals surface area contributed by atoms with E-state index in [9.17, 15) is 0 Å². The molecule has 0 bridgehead atoms. The number of aromatic nitrogens is 3. The van der Waals surface area contributed by atoms with Crippen molar-refractivity contribution in [1.29, 1.82) is 0 Å². The third kappa shape index (κ3) is 7.50. The summed E-state index contributed by atoms with van der Waals surface area (Å²) in [4.78, 5) is 10.1. The van der Waals surface area contributed by atoms with Crippen molar-refractivity contribution >= 4 is 66.4 Å². The van der Waals surface area contributed by atoms with Crippen LogP contribution in [0.5, 0.6) is 11.5 Å². The minimum absolute atomic E-state index is 0.0918. The minimum Gasteiger partial charge on any atom is -0.457 e. The van der Waals surface area contributed by atoms with Crippen molar-refractivity contribution in [3.63, 3.8) is 0 Å². The summed E-state index contributed by atoms with van der Waals surface area (Å²) < 4.78 is 12.1. The van der Waals surface area contributed by atoms with E-state index in [2.05, 4.69) is 291 Å². The first-order chi connectivity index (χ1) is 39.0. The Kier molecular flexibility index (Phi) is 10.7. The van der Waals surface area contributed by atoms with E-state index in [-0.39, 0.29) is 10.8 Å². The van der Waals surface area contributed by atoms with Crippen molar-refractivity contribution in [3.05, 3.63) is 248 Å². The summed E-state index contributed by atoms with van der Waals surface area (Å²) in [6.07, 6.45) is 1.96. The number of ether oxygens (including phenoxy) is 1. The molecule has 386 valence electrons. The zero-order valence-corrected chi connectivity index (χ0v) is 45.9. The maximum Gasteiger partial charge on any atom is 0.137 e. The Morgan fingerprint density at radius 2 is 1.02 bits per heavy atom. The molecule has 0 radical (unpaired) electrons. The van der Waals surface area contributed by atoms with E-state index in [0.29, 0.717) is 6.67 Å². The van der Waals surface area contributed by atoms with E-state index in [1.165, 1.54) is 88.5 Å². The van der Waals surface area contributed by atoms with Crippen molar-refractivity contribution in [2.45, 2.75) is 52.4 Å². The molecule has 3 aromatic heterocycles. The first kappa shape index (κ1) is 47.6. The maximum absolute atomic E-state index is 7.27. The van der Waals surface area contributed by atoms with Gasteiger partial charge >= 0.3 is 0 Å². The molecule has 0 N–H and O–H groups in total. The fraction of sp³-hybridized carbons (Fsp3) is 0.122. The summed E-state index contributed by atoms with van der Waals surface area (Å²) in [5.41, 5.74) is 21.9. The van der Waals surface area contributed by atoms with Crippen LogP contribution in [0, 0.1) is 0 Å². The summed E-state index contributed by atoms with van der Waals surface area (Å²) in [5, 5.41) is 4.81. The van der Waals surface area contributed by atoms with Crippen molar-refractivity contribution in [1.82, 2.24) is 14.1 Å². The smallest absolute Gasteiger partial charge is 0.137 e. The first-order valence-electron chi connectivity index (χ1n) is 27.9. The number of anilines is 4. The molecule has 0 amide bonds. The van der Waals surface area contributed by atoms with Crippen LogP contribution in [0.15, 0.2) is 237 Å². The Bertz CT molecular complexity index is 4570. The third-order valence-electron chi connectivity index (χ3n) is 16.7. The van der Waals surface area contributed by atoms with Crippen molar-refractivity contribution in [2.75, 3.05) is 16.5 Å². The third-order valence-corrected chi connectivity index (χ3v) is 16.7. The summed E-state index contributed by atoms with van der Waals surface area (Å²) in [6, 6.07) is 84.2. The van der Waals surface area contributed by atoms with Crippen molar-refractivity contribution < 1.29 is 4.74 Å². The van der Waals surface area contributed by atoms with Crippen LogP contribution in [-0.4, -0.2) is 20.8 Å². The second kappa shape index (κ2) is 17.9. The number of fused-ring (bicyclic) bond motifs is 13. The lowest BCUT2D eigenvalue weighted by atomic mass is 9.86. The highest BCUT2D eigenvalue weighted by atomic mass is 16.5. The molecule has 0 fully saturated rings. The Morgan fingerprint density at radius 1 is 0.400 bits per heavy atom. The fourth-order valence-electron chi connectivity index (χ4n) is 12.8. The van der Waals surface area contributed by atoms with Gasteiger partial charge in [0.25, 0.3) is 0 Å². The van der Waals surface area contributed by atoms with Gasteiger partial charge in [0, 0.05) is 67.8 Å². The predicted octanol–water partition coefficient (Wildman–Crippen LogP) is 19.9. The van der Waals surface area contributed by atoms with Gasteiger partial charge in [-0.05, 0) is 111 Å². The molecule has 10 aromatic carbocycles. The largest absolute Gasteiger partial charge is 0.457 e. The van der Waals surface area contributed by atoms with E-state index in [1.54, 1.807) is 0 Å². The molecule has 6 nitrogen and oxygen atoms in total. The number of para-hydroxylation sites is 5. The summed E-state index contributed by atoms with van der Waals surface area (Å²) in [5.74, 6) is 2.39. The Labute approximate surface area is 467 Å². The highest BCUT2D eigenvalue weighted by Crippen LogP contribution is 2.53. The average Bonchev–Trinajstić information content (AvgIpc) is 4.32. The van der Waals surface area contributed by atoms with Gasteiger partial charge < -0.3 is 19.1 Å². The van der Waals surface area contributed by atoms with Crippen LogP contribution >= 0.6 is 0 Å². The maximum atomic E-state index is 7.27. The quantitative estimate of drug-likeness (QED) is 0.159. The lowest BCUT2D eigenvalue weighted by Crippen LogP contribution is -2.25. The molecule has 2 aliphatic heterocycles. The van der Waals surface area contributed by atoms with Gasteiger partial charge in [-0.2, -0.15) is 0 Å². The Morgan fingerprint density at radius 3 is 1.76 bits per heavy atom. The molecular weight excluding hydrogens is 975 g/mol. The van der Waals surface area contributed by atoms with Gasteiger partial charge in [0.2, 0.25) is 0 Å². The topological polar surface area (TPSA) is 38.5 Å². The molecule has 0 unspecified atom stereocenters. The average molecular weight is 1030 g/mol. The zero-order valence-electron chi connectivity index (χ0n) is 45.9. The molecule has 80 heavy (non-hydrogen) atoms. The highest BCUT2D eigenvalue weighted by Gasteiger charge is 2.33. The number of hydrogen-bond donors (Lipinski definition) is 0. The molecule has 2 aliphatic rings. The standard InChI is InChI=1S/C74H59N5O/c1-73(2,3)49-39-40-75-68(43-49)78-65-37-38-66-69(58-27-14-13-25-56(58)59-30-20-31-60-57-26-15-16-32-62(57)79(66)72(59)60)70(65)61-36-35-52(45-67(61)78)80-53-42-50(74(4,5)6)41-51(44-53)76-46-77(64-34-18-17-33-63(64)76)71-54(47-21-9-7-10-22-47)28-19-29-55(71)48-23-11-8-12-24-48/h7-45H,46H2,1-6H3. The van der Waals surface area contributed by atoms with Crippen molar-refractivity contribution in [3.8, 4) is 67.5 Å². The van der Waals surface area contributed by atoms with Crippen LogP contribution < -0.4 is 14.5 Å².